The first-order valence-electron chi connectivity index (χ1n) is 5.93. The first-order valence-corrected chi connectivity index (χ1v) is 6.81. The Morgan fingerprint density at radius 3 is 3.15 bits per heavy atom. The van der Waals surface area contributed by atoms with Crippen molar-refractivity contribution in [2.24, 2.45) is 5.73 Å². The number of hydrogen-bond donors (Lipinski definition) is 1. The average Bonchev–Trinajstić information content (AvgIpc) is 3.03. The van der Waals surface area contributed by atoms with Crippen LogP contribution in [0.3, 0.4) is 0 Å². The first-order chi connectivity index (χ1) is 9.78. The minimum Gasteiger partial charge on any atom is -0.320 e. The maximum atomic E-state index is 12.1. The van der Waals surface area contributed by atoms with Crippen molar-refractivity contribution in [2.75, 3.05) is 6.54 Å². The fourth-order valence-electron chi connectivity index (χ4n) is 1.81. The van der Waals surface area contributed by atoms with Gasteiger partial charge in [0.05, 0.1) is 19.3 Å². The number of nitrogens with two attached hydrogens (primary N) is 1. The Morgan fingerprint density at radius 1 is 1.45 bits per heavy atom. The quantitative estimate of drug-likeness (QED) is 0.687. The molecule has 100 valence electrons. The summed E-state index contributed by atoms with van der Waals surface area (Å²) >= 11 is 1.55. The predicted octanol–water partition coefficient (Wildman–Crippen LogP) is 0.311. The lowest BCUT2D eigenvalue weighted by Crippen LogP contribution is -2.21. The van der Waals surface area contributed by atoms with E-state index in [1.54, 1.807) is 29.9 Å². The molecule has 0 aliphatic rings. The maximum absolute atomic E-state index is 12.1. The lowest BCUT2D eigenvalue weighted by atomic mass is 10.3. The van der Waals surface area contributed by atoms with Crippen LogP contribution >= 0.6 is 11.3 Å². The van der Waals surface area contributed by atoms with Crippen LogP contribution in [0.5, 0.6) is 0 Å². The van der Waals surface area contributed by atoms with Gasteiger partial charge < -0.3 is 5.73 Å². The standard InChI is InChI=1S/C13H11N5OS/c14-3-1-2-10-6-11(20-9-10)8-18-13(19)17-5-4-15-7-12(17)16-18/h4-7,9H,3,8,14H2. The second-order valence-corrected chi connectivity index (χ2v) is 5.05. The molecule has 3 aromatic rings. The predicted molar refractivity (Wildman–Crippen MR) is 76.6 cm³/mol. The summed E-state index contributed by atoms with van der Waals surface area (Å²) in [5.41, 5.74) is 6.61. The van der Waals surface area contributed by atoms with Crippen molar-refractivity contribution in [1.82, 2.24) is 19.2 Å². The Balaban J connectivity index is 1.91. The van der Waals surface area contributed by atoms with Gasteiger partial charge in [-0.05, 0) is 6.07 Å². The van der Waals surface area contributed by atoms with Crippen molar-refractivity contribution >= 4 is 17.0 Å². The third kappa shape index (κ3) is 2.34. The normalized spacial score (nSPS) is 10.4. The van der Waals surface area contributed by atoms with E-state index in [9.17, 15) is 4.79 Å². The molecule has 6 nitrogen and oxygen atoms in total. The molecule has 3 rings (SSSR count). The van der Waals surface area contributed by atoms with Crippen molar-refractivity contribution in [2.45, 2.75) is 6.54 Å². The Bertz CT molecular complexity index is 864. The van der Waals surface area contributed by atoms with Gasteiger partial charge >= 0.3 is 5.69 Å². The minimum absolute atomic E-state index is 0.176. The van der Waals surface area contributed by atoms with Gasteiger partial charge in [0.15, 0.2) is 5.65 Å². The lowest BCUT2D eigenvalue weighted by molar-refractivity contribution is 0.666. The largest absolute Gasteiger partial charge is 0.350 e. The van der Waals surface area contributed by atoms with Gasteiger partial charge in [-0.3, -0.25) is 4.98 Å². The summed E-state index contributed by atoms with van der Waals surface area (Å²) in [4.78, 5) is 17.1. The number of nitrogens with zero attached hydrogens (tertiary/aromatic N) is 4. The number of aromatic nitrogens is 4. The van der Waals surface area contributed by atoms with E-state index in [-0.39, 0.29) is 5.69 Å². The van der Waals surface area contributed by atoms with E-state index in [4.69, 9.17) is 5.73 Å². The van der Waals surface area contributed by atoms with E-state index in [0.717, 1.165) is 10.4 Å². The molecule has 0 unspecified atom stereocenters. The molecule has 0 amide bonds. The zero-order valence-corrected chi connectivity index (χ0v) is 11.3. The summed E-state index contributed by atoms with van der Waals surface area (Å²) in [5.74, 6) is 5.77. The highest BCUT2D eigenvalue weighted by molar-refractivity contribution is 7.10. The third-order valence-corrected chi connectivity index (χ3v) is 3.60. The van der Waals surface area contributed by atoms with Gasteiger partial charge in [0, 0.05) is 28.2 Å². The van der Waals surface area contributed by atoms with Crippen LogP contribution < -0.4 is 11.4 Å². The van der Waals surface area contributed by atoms with Crippen molar-refractivity contribution < 1.29 is 0 Å². The highest BCUT2D eigenvalue weighted by Crippen LogP contribution is 2.14. The van der Waals surface area contributed by atoms with E-state index in [2.05, 4.69) is 21.9 Å². The number of hydrogen-bond acceptors (Lipinski definition) is 5. The molecular weight excluding hydrogens is 274 g/mol. The minimum atomic E-state index is -0.176. The highest BCUT2D eigenvalue weighted by Gasteiger charge is 2.08. The van der Waals surface area contributed by atoms with Crippen LogP contribution in [0.15, 0.2) is 34.8 Å². The van der Waals surface area contributed by atoms with Gasteiger partial charge in [-0.2, -0.15) is 0 Å². The molecule has 3 aromatic heterocycles. The van der Waals surface area contributed by atoms with Gasteiger partial charge in [-0.25, -0.2) is 13.9 Å². The van der Waals surface area contributed by atoms with Gasteiger partial charge in [0.1, 0.15) is 0 Å². The van der Waals surface area contributed by atoms with Crippen LogP contribution in [0.2, 0.25) is 0 Å². The molecule has 0 radical (unpaired) electrons. The first kappa shape index (κ1) is 12.6. The second-order valence-electron chi connectivity index (χ2n) is 4.05. The smallest absolute Gasteiger partial charge is 0.320 e. The molecule has 0 aliphatic carbocycles. The van der Waals surface area contributed by atoms with Crippen LogP contribution in [0, 0.1) is 11.8 Å². The Kier molecular flexibility index (Phi) is 3.33. The van der Waals surface area contributed by atoms with Gasteiger partial charge in [-0.1, -0.05) is 11.8 Å². The molecule has 2 N–H and O–H groups in total. The molecule has 0 saturated heterocycles. The van der Waals surface area contributed by atoms with Crippen LogP contribution in [0.25, 0.3) is 5.65 Å². The van der Waals surface area contributed by atoms with E-state index >= 15 is 0 Å². The molecule has 0 spiro atoms. The molecule has 3 heterocycles. The zero-order valence-electron chi connectivity index (χ0n) is 10.5. The average molecular weight is 285 g/mol. The summed E-state index contributed by atoms with van der Waals surface area (Å²) in [6, 6.07) is 1.95. The molecule has 20 heavy (non-hydrogen) atoms. The summed E-state index contributed by atoms with van der Waals surface area (Å²) in [5, 5.41) is 6.18. The molecule has 0 fully saturated rings. The van der Waals surface area contributed by atoms with Crippen molar-refractivity contribution in [3.63, 3.8) is 0 Å². The van der Waals surface area contributed by atoms with Gasteiger partial charge in [0.25, 0.3) is 0 Å². The van der Waals surface area contributed by atoms with Crippen molar-refractivity contribution in [3.8, 4) is 11.8 Å². The molecule has 0 bridgehead atoms. The fourth-order valence-corrected chi connectivity index (χ4v) is 2.61. The van der Waals surface area contributed by atoms with Crippen LogP contribution in [0.1, 0.15) is 10.4 Å². The SMILES string of the molecule is NCC#Cc1csc(Cn2nc3cnccn3c2=O)c1. The number of thiophene rings is 1. The summed E-state index contributed by atoms with van der Waals surface area (Å²) in [6.07, 6.45) is 4.73. The molecular formula is C13H11N5OS. The third-order valence-electron chi connectivity index (χ3n) is 2.68. The van der Waals surface area contributed by atoms with Crippen LogP contribution in [-0.2, 0) is 6.54 Å². The monoisotopic (exact) mass is 285 g/mol. The highest BCUT2D eigenvalue weighted by atomic mass is 32.1. The topological polar surface area (TPSA) is 78.2 Å². The fraction of sp³-hybridized carbons (Fsp3) is 0.154. The van der Waals surface area contributed by atoms with E-state index in [1.807, 2.05) is 11.4 Å². The van der Waals surface area contributed by atoms with E-state index < -0.39 is 0 Å². The Labute approximate surface area is 118 Å². The van der Waals surface area contributed by atoms with Crippen LogP contribution in [-0.4, -0.2) is 25.7 Å². The summed E-state index contributed by atoms with van der Waals surface area (Å²) in [6.45, 7) is 0.763. The second kappa shape index (κ2) is 5.28. The molecule has 0 aliphatic heterocycles. The van der Waals surface area contributed by atoms with Gasteiger partial charge in [-0.15, -0.1) is 16.4 Å². The van der Waals surface area contributed by atoms with Gasteiger partial charge in [0.2, 0.25) is 0 Å². The number of rotatable bonds is 2. The summed E-state index contributed by atoms with van der Waals surface area (Å²) in [7, 11) is 0. The van der Waals surface area contributed by atoms with Crippen LogP contribution in [0.4, 0.5) is 0 Å². The van der Waals surface area contributed by atoms with E-state index in [0.29, 0.717) is 18.7 Å². The lowest BCUT2D eigenvalue weighted by Gasteiger charge is -1.94. The zero-order chi connectivity index (χ0) is 13.9. The van der Waals surface area contributed by atoms with E-state index in [1.165, 1.54) is 9.08 Å². The Morgan fingerprint density at radius 2 is 2.35 bits per heavy atom. The van der Waals surface area contributed by atoms with Crippen molar-refractivity contribution in [3.05, 3.63) is 51.0 Å². The molecule has 0 atom stereocenters. The Hall–Kier alpha value is -2.43. The molecule has 0 saturated carbocycles. The molecule has 7 heteroatoms. The molecule has 0 aromatic carbocycles. The summed E-state index contributed by atoms with van der Waals surface area (Å²) < 4.78 is 2.89. The van der Waals surface area contributed by atoms with Crippen molar-refractivity contribution in [1.29, 1.82) is 0 Å². The maximum Gasteiger partial charge on any atom is 0.350 e. The number of fused-ring (bicyclic) bond motifs is 1.